The van der Waals surface area contributed by atoms with Crippen molar-refractivity contribution in [2.75, 3.05) is 5.32 Å². The fraction of sp³-hybridized carbons (Fsp3) is 0.200. The van der Waals surface area contributed by atoms with E-state index in [2.05, 4.69) is 5.32 Å². The van der Waals surface area contributed by atoms with Crippen LogP contribution in [0.1, 0.15) is 29.8 Å². The summed E-state index contributed by atoms with van der Waals surface area (Å²) in [5, 5.41) is 3.63. The zero-order valence-corrected chi connectivity index (χ0v) is 18.9. The van der Waals surface area contributed by atoms with E-state index < -0.39 is 6.04 Å². The van der Waals surface area contributed by atoms with E-state index in [0.717, 1.165) is 15.4 Å². The van der Waals surface area contributed by atoms with Gasteiger partial charge in [0.15, 0.2) is 0 Å². The lowest BCUT2D eigenvalue weighted by atomic mass is 10.0. The lowest BCUT2D eigenvalue weighted by Gasteiger charge is -2.32. The molecule has 0 spiro atoms. The van der Waals surface area contributed by atoms with Gasteiger partial charge in [0, 0.05) is 21.4 Å². The molecule has 4 rings (SSSR count). The quantitative estimate of drug-likeness (QED) is 0.510. The van der Waals surface area contributed by atoms with Crippen molar-refractivity contribution < 1.29 is 9.59 Å². The summed E-state index contributed by atoms with van der Waals surface area (Å²) in [6, 6.07) is 22.3. The summed E-state index contributed by atoms with van der Waals surface area (Å²) in [4.78, 5) is 30.4. The molecule has 0 bridgehead atoms. The molecule has 4 nitrogen and oxygen atoms in total. The molecule has 6 heteroatoms. The van der Waals surface area contributed by atoms with Gasteiger partial charge in [-0.15, -0.1) is 0 Å². The van der Waals surface area contributed by atoms with Gasteiger partial charge in [-0.25, -0.2) is 0 Å². The van der Waals surface area contributed by atoms with Crippen molar-refractivity contribution >= 4 is 40.9 Å². The van der Waals surface area contributed by atoms with E-state index in [0.29, 0.717) is 22.8 Å². The Kier molecular flexibility index (Phi) is 6.35. The molecule has 1 atom stereocenters. The number of rotatable bonds is 5. The Morgan fingerprint density at radius 3 is 2.39 bits per heavy atom. The molecule has 0 saturated carbocycles. The second kappa shape index (κ2) is 9.16. The van der Waals surface area contributed by atoms with E-state index in [1.807, 2.05) is 74.5 Å². The SMILES string of the molecule is CC(C)[C@@H]1C(=O)Nc2ccccc2C(=O)N1Cc1ccccc1Sc1ccc(Cl)cc1. The van der Waals surface area contributed by atoms with E-state index >= 15 is 0 Å². The maximum absolute atomic E-state index is 13.5. The van der Waals surface area contributed by atoms with Gasteiger partial charge < -0.3 is 10.2 Å². The van der Waals surface area contributed by atoms with Crippen LogP contribution in [0.25, 0.3) is 0 Å². The first-order valence-electron chi connectivity index (χ1n) is 10.2. The molecule has 0 radical (unpaired) electrons. The molecule has 0 unspecified atom stereocenters. The van der Waals surface area contributed by atoms with Crippen molar-refractivity contribution in [2.24, 2.45) is 5.92 Å². The summed E-state index contributed by atoms with van der Waals surface area (Å²) < 4.78 is 0. The third-order valence-electron chi connectivity index (χ3n) is 5.27. The first-order valence-corrected chi connectivity index (χ1v) is 11.4. The van der Waals surface area contributed by atoms with Crippen molar-refractivity contribution in [1.82, 2.24) is 4.90 Å². The predicted molar refractivity (Wildman–Crippen MR) is 126 cm³/mol. The van der Waals surface area contributed by atoms with Crippen LogP contribution in [0.15, 0.2) is 82.6 Å². The van der Waals surface area contributed by atoms with E-state index in [9.17, 15) is 9.59 Å². The number of amides is 2. The zero-order chi connectivity index (χ0) is 22.0. The molecule has 2 amide bonds. The second-order valence-electron chi connectivity index (χ2n) is 7.82. The van der Waals surface area contributed by atoms with E-state index in [1.165, 1.54) is 0 Å². The fourth-order valence-electron chi connectivity index (χ4n) is 3.79. The Balaban J connectivity index is 1.70. The monoisotopic (exact) mass is 450 g/mol. The molecule has 1 aliphatic rings. The standard InChI is InChI=1S/C25H23ClN2O2S/c1-16(2)23-24(29)27-21-9-5-4-8-20(21)25(30)28(23)15-17-7-3-6-10-22(17)31-19-13-11-18(26)12-14-19/h3-14,16,23H,15H2,1-2H3,(H,27,29)/t23-/m1/s1. The Labute approximate surface area is 191 Å². The van der Waals surface area contributed by atoms with Gasteiger partial charge in [0.2, 0.25) is 5.91 Å². The minimum Gasteiger partial charge on any atom is -0.324 e. The normalized spacial score (nSPS) is 16.1. The maximum atomic E-state index is 13.5. The van der Waals surface area contributed by atoms with Gasteiger partial charge in [-0.05, 0) is 53.9 Å². The first-order chi connectivity index (χ1) is 14.9. The van der Waals surface area contributed by atoms with Gasteiger partial charge in [0.25, 0.3) is 5.91 Å². The number of anilines is 1. The molecule has 0 aromatic heterocycles. The summed E-state index contributed by atoms with van der Waals surface area (Å²) in [5.74, 6) is -0.329. The van der Waals surface area contributed by atoms with Crippen molar-refractivity contribution in [3.63, 3.8) is 0 Å². The van der Waals surface area contributed by atoms with Crippen LogP contribution in [0.5, 0.6) is 0 Å². The zero-order valence-electron chi connectivity index (χ0n) is 17.3. The molecule has 0 aliphatic carbocycles. The van der Waals surface area contributed by atoms with Crippen LogP contribution in [-0.2, 0) is 11.3 Å². The molecule has 3 aromatic carbocycles. The van der Waals surface area contributed by atoms with Crippen molar-refractivity contribution in [1.29, 1.82) is 0 Å². The Hall–Kier alpha value is -2.76. The number of fused-ring (bicyclic) bond motifs is 1. The summed E-state index contributed by atoms with van der Waals surface area (Å²) in [7, 11) is 0. The Morgan fingerprint density at radius 2 is 1.65 bits per heavy atom. The second-order valence-corrected chi connectivity index (χ2v) is 9.37. The highest BCUT2D eigenvalue weighted by molar-refractivity contribution is 7.99. The van der Waals surface area contributed by atoms with Crippen LogP contribution in [0, 0.1) is 5.92 Å². The molecular formula is C25H23ClN2O2S. The van der Waals surface area contributed by atoms with Crippen LogP contribution < -0.4 is 5.32 Å². The summed E-state index contributed by atoms with van der Waals surface area (Å²) in [5.41, 5.74) is 2.07. The summed E-state index contributed by atoms with van der Waals surface area (Å²) >= 11 is 7.63. The molecule has 0 saturated heterocycles. The topological polar surface area (TPSA) is 49.4 Å². The van der Waals surface area contributed by atoms with Gasteiger partial charge in [0.1, 0.15) is 6.04 Å². The van der Waals surface area contributed by atoms with Gasteiger partial charge in [0.05, 0.1) is 11.3 Å². The van der Waals surface area contributed by atoms with Crippen molar-refractivity contribution in [3.8, 4) is 0 Å². The van der Waals surface area contributed by atoms with E-state index in [1.54, 1.807) is 28.8 Å². The lowest BCUT2D eigenvalue weighted by Crippen LogP contribution is -2.47. The van der Waals surface area contributed by atoms with Crippen LogP contribution in [0.2, 0.25) is 5.02 Å². The smallest absolute Gasteiger partial charge is 0.256 e. The van der Waals surface area contributed by atoms with Crippen LogP contribution in [0.3, 0.4) is 0 Å². The van der Waals surface area contributed by atoms with E-state index in [4.69, 9.17) is 11.6 Å². The Bertz CT molecular complexity index is 1110. The average Bonchev–Trinajstić information content (AvgIpc) is 2.85. The molecule has 3 aromatic rings. The minimum atomic E-state index is -0.562. The largest absolute Gasteiger partial charge is 0.324 e. The van der Waals surface area contributed by atoms with Crippen LogP contribution >= 0.6 is 23.4 Å². The average molecular weight is 451 g/mol. The lowest BCUT2D eigenvalue weighted by molar-refractivity contribution is -0.121. The molecule has 1 aliphatic heterocycles. The highest BCUT2D eigenvalue weighted by Gasteiger charge is 2.37. The molecular weight excluding hydrogens is 428 g/mol. The molecule has 31 heavy (non-hydrogen) atoms. The van der Waals surface area contributed by atoms with E-state index in [-0.39, 0.29) is 17.7 Å². The number of halogens is 1. The maximum Gasteiger partial charge on any atom is 0.256 e. The number of hydrogen-bond acceptors (Lipinski definition) is 3. The van der Waals surface area contributed by atoms with Gasteiger partial charge in [-0.3, -0.25) is 9.59 Å². The summed E-state index contributed by atoms with van der Waals surface area (Å²) in [6.07, 6.45) is 0. The number of carbonyl (C=O) groups excluding carboxylic acids is 2. The Morgan fingerprint density at radius 1 is 0.968 bits per heavy atom. The highest BCUT2D eigenvalue weighted by Crippen LogP contribution is 2.34. The first kappa shape index (κ1) is 21.5. The number of carbonyl (C=O) groups is 2. The fourth-order valence-corrected chi connectivity index (χ4v) is 4.85. The minimum absolute atomic E-state index is 0.0330. The van der Waals surface area contributed by atoms with Gasteiger partial charge >= 0.3 is 0 Å². The number of hydrogen-bond donors (Lipinski definition) is 1. The summed E-state index contributed by atoms with van der Waals surface area (Å²) in [6.45, 7) is 4.28. The number of nitrogens with one attached hydrogen (secondary N) is 1. The van der Waals surface area contributed by atoms with Crippen LogP contribution in [-0.4, -0.2) is 22.8 Å². The molecule has 1 N–H and O–H groups in total. The van der Waals surface area contributed by atoms with Gasteiger partial charge in [-0.2, -0.15) is 0 Å². The molecule has 1 heterocycles. The van der Waals surface area contributed by atoms with Crippen molar-refractivity contribution in [3.05, 3.63) is 88.9 Å². The number of para-hydroxylation sites is 1. The third-order valence-corrected chi connectivity index (χ3v) is 6.64. The number of benzene rings is 3. The van der Waals surface area contributed by atoms with Crippen LogP contribution in [0.4, 0.5) is 5.69 Å². The molecule has 158 valence electrons. The van der Waals surface area contributed by atoms with Gasteiger partial charge in [-0.1, -0.05) is 67.5 Å². The number of nitrogens with zero attached hydrogens (tertiary/aromatic N) is 1. The third kappa shape index (κ3) is 4.63. The predicted octanol–water partition coefficient (Wildman–Crippen LogP) is 6.11. The molecule has 0 fully saturated rings. The van der Waals surface area contributed by atoms with Crippen molar-refractivity contribution in [2.45, 2.75) is 36.2 Å². The highest BCUT2D eigenvalue weighted by atomic mass is 35.5.